The number of H-pyrrole nitrogens is 1. The van der Waals surface area contributed by atoms with Crippen LogP contribution < -0.4 is 11.0 Å². The summed E-state index contributed by atoms with van der Waals surface area (Å²) in [4.78, 5) is 26.0. The number of carbonyl (C=O) groups excluding carboxylic acids is 1. The SMILES string of the molecule is Brc1ccc2oc3c(c2c1)C=C[C+]=C3.O=C1Cc2ccccc2N1.O=c1[nH]c2ccccc2n1-c1ccc2oc3ccccc3c2c1. The Balaban J connectivity index is 0.000000114. The first kappa shape index (κ1) is 28.5. The Morgan fingerprint density at radius 2 is 1.51 bits per heavy atom. The van der Waals surface area contributed by atoms with Crippen molar-refractivity contribution >= 4 is 83.6 Å². The lowest BCUT2D eigenvalue weighted by Gasteiger charge is -2.03. The lowest BCUT2D eigenvalue weighted by molar-refractivity contribution is -0.115. The fourth-order valence-electron chi connectivity index (χ4n) is 5.97. The minimum atomic E-state index is -0.140. The van der Waals surface area contributed by atoms with Gasteiger partial charge in [0, 0.05) is 27.0 Å². The van der Waals surface area contributed by atoms with Crippen molar-refractivity contribution in [1.82, 2.24) is 9.55 Å². The second kappa shape index (κ2) is 11.8. The van der Waals surface area contributed by atoms with Crippen LogP contribution in [0.25, 0.3) is 61.8 Å². The number of benzene rings is 5. The van der Waals surface area contributed by atoms with Gasteiger partial charge in [-0.2, -0.15) is 0 Å². The van der Waals surface area contributed by atoms with Crippen molar-refractivity contribution < 1.29 is 13.6 Å². The van der Waals surface area contributed by atoms with Crippen LogP contribution in [0.1, 0.15) is 16.9 Å². The van der Waals surface area contributed by atoms with E-state index in [2.05, 4.69) is 38.4 Å². The summed E-state index contributed by atoms with van der Waals surface area (Å²) in [7, 11) is 0. The van der Waals surface area contributed by atoms with Gasteiger partial charge in [0.25, 0.3) is 0 Å². The summed E-state index contributed by atoms with van der Waals surface area (Å²) in [6, 6.07) is 35.2. The third kappa shape index (κ3) is 5.36. The van der Waals surface area contributed by atoms with Crippen molar-refractivity contribution in [3.63, 3.8) is 0 Å². The Labute approximate surface area is 276 Å². The van der Waals surface area contributed by atoms with Crippen LogP contribution in [0.2, 0.25) is 0 Å². The van der Waals surface area contributed by atoms with E-state index in [4.69, 9.17) is 8.83 Å². The Morgan fingerprint density at radius 1 is 0.745 bits per heavy atom. The number of aromatic nitrogens is 2. The number of para-hydroxylation sites is 4. The maximum absolute atomic E-state index is 12.4. The minimum absolute atomic E-state index is 0.0983. The van der Waals surface area contributed by atoms with Gasteiger partial charge in [-0.05, 0) is 66.2 Å². The van der Waals surface area contributed by atoms with Gasteiger partial charge in [0.15, 0.2) is 5.58 Å². The molecule has 8 heteroatoms. The van der Waals surface area contributed by atoms with Crippen molar-refractivity contribution in [3.8, 4) is 5.69 Å². The molecule has 2 N–H and O–H groups in total. The minimum Gasteiger partial charge on any atom is -0.456 e. The average molecular weight is 680 g/mol. The molecule has 10 rings (SSSR count). The summed E-state index contributed by atoms with van der Waals surface area (Å²) >= 11 is 3.45. The zero-order chi connectivity index (χ0) is 31.9. The number of halogens is 1. The van der Waals surface area contributed by atoms with E-state index in [0.29, 0.717) is 6.42 Å². The first-order chi connectivity index (χ1) is 23.0. The Kier molecular flexibility index (Phi) is 7.14. The molecule has 0 saturated carbocycles. The van der Waals surface area contributed by atoms with Crippen LogP contribution in [0.15, 0.2) is 133 Å². The third-order valence-corrected chi connectivity index (χ3v) is 8.62. The van der Waals surface area contributed by atoms with Crippen molar-refractivity contribution in [2.45, 2.75) is 6.42 Å². The largest absolute Gasteiger partial charge is 0.456 e. The molecule has 4 heterocycles. The number of fused-ring (bicyclic) bond motifs is 8. The van der Waals surface area contributed by atoms with Crippen LogP contribution in [-0.4, -0.2) is 15.5 Å². The molecule has 47 heavy (non-hydrogen) atoms. The summed E-state index contributed by atoms with van der Waals surface area (Å²) < 4.78 is 14.3. The van der Waals surface area contributed by atoms with Crippen molar-refractivity contribution in [3.05, 3.63) is 153 Å². The molecule has 0 unspecified atom stereocenters. The number of rotatable bonds is 1. The average Bonchev–Trinajstić information content (AvgIpc) is 3.85. The van der Waals surface area contributed by atoms with E-state index in [-0.39, 0.29) is 11.6 Å². The first-order valence-corrected chi connectivity index (χ1v) is 15.8. The van der Waals surface area contributed by atoms with Gasteiger partial charge in [-0.25, -0.2) is 4.79 Å². The van der Waals surface area contributed by atoms with Crippen LogP contribution >= 0.6 is 15.9 Å². The smallest absolute Gasteiger partial charge is 0.331 e. The molecule has 0 spiro atoms. The fraction of sp³-hybridized carbons (Fsp3) is 0.0256. The molecule has 1 amide bonds. The predicted molar refractivity (Wildman–Crippen MR) is 191 cm³/mol. The molecule has 226 valence electrons. The highest BCUT2D eigenvalue weighted by Crippen LogP contribution is 2.32. The molecule has 0 atom stereocenters. The number of allylic oxidation sites excluding steroid dienone is 2. The maximum atomic E-state index is 12.4. The number of aromatic amines is 1. The van der Waals surface area contributed by atoms with Crippen LogP contribution in [0.4, 0.5) is 5.69 Å². The number of amides is 1. The third-order valence-electron chi connectivity index (χ3n) is 8.13. The quantitative estimate of drug-likeness (QED) is 0.169. The molecule has 0 bridgehead atoms. The molecule has 0 fully saturated rings. The number of hydrogen-bond donors (Lipinski definition) is 2. The Morgan fingerprint density at radius 3 is 2.43 bits per heavy atom. The zero-order valence-corrected chi connectivity index (χ0v) is 26.4. The van der Waals surface area contributed by atoms with Crippen LogP contribution in [0.5, 0.6) is 0 Å². The Bertz CT molecular complexity index is 2570. The van der Waals surface area contributed by atoms with E-state index in [1.165, 1.54) is 0 Å². The number of nitrogens with one attached hydrogen (secondary N) is 2. The number of carbonyl (C=O) groups is 1. The lowest BCUT2D eigenvalue weighted by Crippen LogP contribution is -2.14. The van der Waals surface area contributed by atoms with Gasteiger partial charge in [-0.3, -0.25) is 9.36 Å². The van der Waals surface area contributed by atoms with Crippen LogP contribution in [0, 0.1) is 6.08 Å². The maximum Gasteiger partial charge on any atom is 0.331 e. The molecule has 1 aliphatic heterocycles. The van der Waals surface area contributed by atoms with Crippen molar-refractivity contribution in [2.24, 2.45) is 0 Å². The van der Waals surface area contributed by atoms with E-state index in [0.717, 1.165) is 76.7 Å². The summed E-state index contributed by atoms with van der Waals surface area (Å²) in [6.07, 6.45) is 9.33. The van der Waals surface area contributed by atoms with Gasteiger partial charge in [-0.1, -0.05) is 64.5 Å². The molecule has 3 aromatic heterocycles. The summed E-state index contributed by atoms with van der Waals surface area (Å²) in [6.45, 7) is 0. The zero-order valence-electron chi connectivity index (χ0n) is 24.8. The molecule has 2 aliphatic rings. The van der Waals surface area contributed by atoms with Crippen molar-refractivity contribution in [2.75, 3.05) is 5.32 Å². The molecule has 1 aliphatic carbocycles. The van der Waals surface area contributed by atoms with Crippen LogP contribution in [0.3, 0.4) is 0 Å². The molecular weight excluding hydrogens is 654 g/mol. The van der Waals surface area contributed by atoms with Crippen molar-refractivity contribution in [1.29, 1.82) is 0 Å². The number of hydrogen-bond acceptors (Lipinski definition) is 4. The monoisotopic (exact) mass is 678 g/mol. The topological polar surface area (TPSA) is 93.2 Å². The molecule has 5 aromatic carbocycles. The number of furan rings is 2. The second-order valence-electron chi connectivity index (χ2n) is 11.1. The summed E-state index contributed by atoms with van der Waals surface area (Å²) in [5.41, 5.74) is 8.18. The van der Waals surface area contributed by atoms with Gasteiger partial charge >= 0.3 is 5.69 Å². The molecule has 7 nitrogen and oxygen atoms in total. The second-order valence-corrected chi connectivity index (χ2v) is 12.0. The van der Waals surface area contributed by atoms with E-state index < -0.39 is 0 Å². The number of imidazole rings is 1. The Hall–Kier alpha value is -5.95. The molecule has 8 aromatic rings. The van der Waals surface area contributed by atoms with Gasteiger partial charge in [0.1, 0.15) is 28.9 Å². The first-order valence-electron chi connectivity index (χ1n) is 15.0. The van der Waals surface area contributed by atoms with Gasteiger partial charge in [0.2, 0.25) is 11.7 Å². The summed E-state index contributed by atoms with van der Waals surface area (Å²) in [5.74, 6) is 0.988. The van der Waals surface area contributed by atoms with Gasteiger partial charge in [-0.15, -0.1) is 0 Å². The van der Waals surface area contributed by atoms with E-state index in [9.17, 15) is 9.59 Å². The predicted octanol–water partition coefficient (Wildman–Crippen LogP) is 9.44. The van der Waals surface area contributed by atoms with Gasteiger partial charge in [0.05, 0.1) is 34.6 Å². The highest BCUT2D eigenvalue weighted by Gasteiger charge is 2.19. The van der Waals surface area contributed by atoms with Crippen LogP contribution in [-0.2, 0) is 11.2 Å². The summed E-state index contributed by atoms with van der Waals surface area (Å²) in [5, 5.41) is 5.96. The van der Waals surface area contributed by atoms with Gasteiger partial charge < -0.3 is 19.1 Å². The lowest BCUT2D eigenvalue weighted by atomic mass is 10.1. The molecular formula is C39H25BrN3O4+. The van der Waals surface area contributed by atoms with E-state index in [1.807, 2.05) is 121 Å². The van der Waals surface area contributed by atoms with E-state index in [1.54, 1.807) is 4.57 Å². The van der Waals surface area contributed by atoms with E-state index >= 15 is 0 Å². The standard InChI is InChI=1S/C19H12N2O2.C12H6BrO.C8H7NO/c22-19-20-15-6-2-3-7-16(15)21(19)12-9-10-18-14(11-12)13-5-1-4-8-17(13)23-18;13-8-5-6-12-10(7-8)9-3-1-2-4-11(9)14-12;10-8-5-6-3-1-2-4-7(6)9-8/h1-11H,(H,20,22);1,3-7H;1-4H,5H2,(H,9,10)/q;+1;. The molecule has 0 saturated heterocycles. The highest BCUT2D eigenvalue weighted by molar-refractivity contribution is 9.10. The normalized spacial score (nSPS) is 12.7. The molecule has 0 radical (unpaired) electrons. The highest BCUT2D eigenvalue weighted by atomic mass is 79.9. The number of nitrogens with zero attached hydrogens (tertiary/aromatic N) is 1. The fourth-order valence-corrected chi connectivity index (χ4v) is 6.33. The number of anilines is 1.